The van der Waals surface area contributed by atoms with E-state index in [0.29, 0.717) is 16.6 Å². The third-order valence-electron chi connectivity index (χ3n) is 2.09. The van der Waals surface area contributed by atoms with Crippen LogP contribution in [0.1, 0.15) is 5.56 Å². The van der Waals surface area contributed by atoms with Gasteiger partial charge in [-0.3, -0.25) is 0 Å². The first-order chi connectivity index (χ1) is 8.06. The first-order valence-corrected chi connectivity index (χ1v) is 5.39. The zero-order valence-corrected chi connectivity index (χ0v) is 10.2. The first-order valence-electron chi connectivity index (χ1n) is 5.01. The molecule has 0 saturated heterocycles. The van der Waals surface area contributed by atoms with Gasteiger partial charge in [-0.05, 0) is 24.3 Å². The molecule has 0 amide bonds. The third kappa shape index (κ3) is 2.65. The monoisotopic (exact) mass is 250 g/mol. The van der Waals surface area contributed by atoms with Crippen LogP contribution in [0, 0.1) is 0 Å². The lowest BCUT2D eigenvalue weighted by molar-refractivity contribution is -0.130. The molecular weight excluding hydrogens is 240 g/mol. The van der Waals surface area contributed by atoms with Gasteiger partial charge in [0, 0.05) is 30.9 Å². The molecule has 2 rings (SSSR count). The van der Waals surface area contributed by atoms with Gasteiger partial charge in [0.25, 0.3) is 0 Å². The highest BCUT2D eigenvalue weighted by Gasteiger charge is 2.24. The standard InChI is InChI=1S/C12H11ClN2O2/c1-15(2)7-10-12(16)17-11(14-10)8-3-5-9(13)6-4-8/h3-7H,1-2H3/b10-7+. The molecule has 0 spiro atoms. The number of esters is 1. The Morgan fingerprint density at radius 2 is 1.94 bits per heavy atom. The molecule has 5 heteroatoms. The second-order valence-electron chi connectivity index (χ2n) is 3.79. The minimum Gasteiger partial charge on any atom is -0.402 e. The molecule has 0 N–H and O–H groups in total. The quantitative estimate of drug-likeness (QED) is 0.596. The summed E-state index contributed by atoms with van der Waals surface area (Å²) in [7, 11) is 3.63. The molecule has 0 aliphatic carbocycles. The van der Waals surface area contributed by atoms with Crippen molar-refractivity contribution >= 4 is 23.5 Å². The highest BCUT2D eigenvalue weighted by molar-refractivity contribution is 6.30. The molecule has 1 aliphatic heterocycles. The van der Waals surface area contributed by atoms with Gasteiger partial charge >= 0.3 is 5.97 Å². The summed E-state index contributed by atoms with van der Waals surface area (Å²) >= 11 is 5.78. The smallest absolute Gasteiger partial charge is 0.365 e. The molecule has 1 aliphatic rings. The fourth-order valence-corrected chi connectivity index (χ4v) is 1.49. The number of hydrogen-bond acceptors (Lipinski definition) is 4. The average Bonchev–Trinajstić information content (AvgIpc) is 2.60. The van der Waals surface area contributed by atoms with Crippen molar-refractivity contribution < 1.29 is 9.53 Å². The number of nitrogens with zero attached hydrogens (tertiary/aromatic N) is 2. The first kappa shape index (κ1) is 11.7. The van der Waals surface area contributed by atoms with Gasteiger partial charge in [-0.1, -0.05) is 11.6 Å². The molecule has 0 fully saturated rings. The fraction of sp³-hybridized carbons (Fsp3) is 0.167. The van der Waals surface area contributed by atoms with Crippen LogP contribution < -0.4 is 0 Å². The van der Waals surface area contributed by atoms with Crippen LogP contribution in [0.5, 0.6) is 0 Å². The predicted octanol–water partition coefficient (Wildman–Crippen LogP) is 2.05. The number of aliphatic imine (C=N–C) groups is 1. The van der Waals surface area contributed by atoms with Crippen molar-refractivity contribution in [3.05, 3.63) is 46.7 Å². The Bertz CT molecular complexity index is 504. The SMILES string of the molecule is CN(C)/C=C1/N=C(c2ccc(Cl)cc2)OC1=O. The van der Waals surface area contributed by atoms with E-state index in [1.54, 1.807) is 35.4 Å². The molecule has 0 bridgehead atoms. The Balaban J connectivity index is 2.30. The van der Waals surface area contributed by atoms with Gasteiger partial charge in [-0.2, -0.15) is 0 Å². The van der Waals surface area contributed by atoms with Crippen molar-refractivity contribution in [2.75, 3.05) is 14.1 Å². The number of carbonyl (C=O) groups excluding carboxylic acids is 1. The summed E-state index contributed by atoms with van der Waals surface area (Å²) in [5, 5.41) is 0.628. The number of carbonyl (C=O) groups is 1. The van der Waals surface area contributed by atoms with Gasteiger partial charge in [0.05, 0.1) is 0 Å². The third-order valence-corrected chi connectivity index (χ3v) is 2.34. The van der Waals surface area contributed by atoms with Crippen LogP contribution >= 0.6 is 11.6 Å². The van der Waals surface area contributed by atoms with Gasteiger partial charge < -0.3 is 9.64 Å². The highest BCUT2D eigenvalue weighted by Crippen LogP contribution is 2.18. The number of ether oxygens (including phenoxy) is 1. The number of hydrogen-bond donors (Lipinski definition) is 0. The van der Waals surface area contributed by atoms with E-state index in [9.17, 15) is 4.79 Å². The highest BCUT2D eigenvalue weighted by atomic mass is 35.5. The summed E-state index contributed by atoms with van der Waals surface area (Å²) in [5.74, 6) is -0.136. The van der Waals surface area contributed by atoms with E-state index in [2.05, 4.69) is 4.99 Å². The maximum Gasteiger partial charge on any atom is 0.365 e. The van der Waals surface area contributed by atoms with Gasteiger partial charge in [0.1, 0.15) is 0 Å². The average molecular weight is 251 g/mol. The molecule has 0 unspecified atom stereocenters. The van der Waals surface area contributed by atoms with E-state index in [4.69, 9.17) is 16.3 Å². The molecule has 0 saturated carbocycles. The second-order valence-corrected chi connectivity index (χ2v) is 4.23. The molecular formula is C12H11ClN2O2. The Labute approximate surface area is 104 Å². The zero-order valence-electron chi connectivity index (χ0n) is 9.48. The minimum absolute atomic E-state index is 0.292. The van der Waals surface area contributed by atoms with Crippen molar-refractivity contribution in [1.29, 1.82) is 0 Å². The molecule has 1 aromatic carbocycles. The maximum atomic E-state index is 11.5. The molecule has 0 radical (unpaired) electrons. The normalized spacial score (nSPS) is 17.0. The van der Waals surface area contributed by atoms with E-state index in [-0.39, 0.29) is 0 Å². The van der Waals surface area contributed by atoms with E-state index in [1.807, 2.05) is 14.1 Å². The van der Waals surface area contributed by atoms with E-state index in [1.165, 1.54) is 0 Å². The Morgan fingerprint density at radius 1 is 1.29 bits per heavy atom. The van der Waals surface area contributed by atoms with Gasteiger partial charge in [0.15, 0.2) is 5.70 Å². The lowest BCUT2D eigenvalue weighted by Crippen LogP contribution is -2.07. The summed E-state index contributed by atoms with van der Waals surface area (Å²) in [6.07, 6.45) is 1.62. The lowest BCUT2D eigenvalue weighted by Gasteiger charge is -2.02. The van der Waals surface area contributed by atoms with E-state index >= 15 is 0 Å². The maximum absolute atomic E-state index is 11.5. The predicted molar refractivity (Wildman–Crippen MR) is 65.9 cm³/mol. The summed E-state index contributed by atoms with van der Waals surface area (Å²) < 4.78 is 5.07. The topological polar surface area (TPSA) is 41.9 Å². The van der Waals surface area contributed by atoms with Crippen LogP contribution in [0.25, 0.3) is 0 Å². The van der Waals surface area contributed by atoms with Crippen LogP contribution in [0.15, 0.2) is 41.2 Å². The zero-order chi connectivity index (χ0) is 12.4. The number of benzene rings is 1. The largest absolute Gasteiger partial charge is 0.402 e. The van der Waals surface area contributed by atoms with Crippen LogP contribution in [-0.4, -0.2) is 30.9 Å². The summed E-state index contributed by atoms with van der Waals surface area (Å²) in [4.78, 5) is 17.4. The molecule has 0 atom stereocenters. The summed E-state index contributed by atoms with van der Waals surface area (Å²) in [6, 6.07) is 6.96. The lowest BCUT2D eigenvalue weighted by atomic mass is 10.2. The van der Waals surface area contributed by atoms with Crippen LogP contribution in [0.2, 0.25) is 5.02 Å². The van der Waals surface area contributed by atoms with Crippen molar-refractivity contribution in [3.63, 3.8) is 0 Å². The molecule has 0 aromatic heterocycles. The minimum atomic E-state index is -0.441. The second kappa shape index (κ2) is 4.59. The molecule has 4 nitrogen and oxygen atoms in total. The summed E-state index contributed by atoms with van der Waals surface area (Å²) in [5.41, 5.74) is 1.02. The van der Waals surface area contributed by atoms with Crippen molar-refractivity contribution in [1.82, 2.24) is 4.90 Å². The van der Waals surface area contributed by atoms with Crippen molar-refractivity contribution in [3.8, 4) is 0 Å². The van der Waals surface area contributed by atoms with E-state index in [0.717, 1.165) is 5.56 Å². The van der Waals surface area contributed by atoms with Crippen molar-refractivity contribution in [2.45, 2.75) is 0 Å². The van der Waals surface area contributed by atoms with Crippen LogP contribution in [-0.2, 0) is 9.53 Å². The van der Waals surface area contributed by atoms with Crippen LogP contribution in [0.4, 0.5) is 0 Å². The Kier molecular flexibility index (Phi) is 3.15. The van der Waals surface area contributed by atoms with Crippen molar-refractivity contribution in [2.24, 2.45) is 4.99 Å². The summed E-state index contributed by atoms with van der Waals surface area (Å²) in [6.45, 7) is 0. The van der Waals surface area contributed by atoms with E-state index < -0.39 is 5.97 Å². The molecule has 1 heterocycles. The Hall–Kier alpha value is -1.81. The van der Waals surface area contributed by atoms with Crippen LogP contribution in [0.3, 0.4) is 0 Å². The van der Waals surface area contributed by atoms with Gasteiger partial charge in [0.2, 0.25) is 5.90 Å². The number of halogens is 1. The Morgan fingerprint density at radius 3 is 2.53 bits per heavy atom. The molecule has 88 valence electrons. The number of cyclic esters (lactones) is 1. The fourth-order valence-electron chi connectivity index (χ4n) is 1.36. The molecule has 1 aromatic rings. The van der Waals surface area contributed by atoms with Gasteiger partial charge in [-0.15, -0.1) is 0 Å². The number of rotatable bonds is 2. The molecule has 17 heavy (non-hydrogen) atoms. The van der Waals surface area contributed by atoms with Gasteiger partial charge in [-0.25, -0.2) is 9.79 Å².